The number of halogens is 2. The highest BCUT2D eigenvalue weighted by molar-refractivity contribution is 7.89. The zero-order valence-corrected chi connectivity index (χ0v) is 11.1. The van der Waals surface area contributed by atoms with Crippen LogP contribution in [0.2, 0.25) is 0 Å². The maximum atomic E-state index is 12.4. The van der Waals surface area contributed by atoms with Crippen LogP contribution in [0, 0.1) is 11.3 Å². The van der Waals surface area contributed by atoms with Crippen LogP contribution in [0.25, 0.3) is 0 Å². The summed E-state index contributed by atoms with van der Waals surface area (Å²) < 4.78 is 49.8. The lowest BCUT2D eigenvalue weighted by atomic mass is 10.2. The molecule has 0 amide bonds. The van der Waals surface area contributed by atoms with Crippen molar-refractivity contribution in [2.24, 2.45) is 0 Å². The average Bonchev–Trinajstić information content (AvgIpc) is 2.37. The van der Waals surface area contributed by atoms with Gasteiger partial charge in [0.2, 0.25) is 10.0 Å². The molecule has 0 unspecified atom stereocenters. The van der Waals surface area contributed by atoms with E-state index in [0.717, 1.165) is 12.1 Å². The van der Waals surface area contributed by atoms with Gasteiger partial charge in [0.1, 0.15) is 11.0 Å². The van der Waals surface area contributed by atoms with Crippen molar-refractivity contribution in [2.75, 3.05) is 25.4 Å². The summed E-state index contributed by atoms with van der Waals surface area (Å²) in [5.41, 5.74) is 5.39. The molecule has 0 aliphatic heterocycles. The number of aliphatic hydroxyl groups is 1. The molecule has 9 heteroatoms. The van der Waals surface area contributed by atoms with Gasteiger partial charge in [-0.3, -0.25) is 0 Å². The first-order valence-electron chi connectivity index (χ1n) is 5.51. The molecule has 0 aromatic heterocycles. The number of sulfonamides is 1. The third-order valence-electron chi connectivity index (χ3n) is 2.43. The Morgan fingerprint density at radius 3 is 2.60 bits per heavy atom. The quantitative estimate of drug-likeness (QED) is 0.739. The lowest BCUT2D eigenvalue weighted by Gasteiger charge is -2.21. The molecule has 0 aliphatic rings. The largest absolute Gasteiger partial charge is 0.399 e. The molecular weight excluding hydrogens is 292 g/mol. The molecule has 0 atom stereocenters. The Kier molecular flexibility index (Phi) is 5.38. The second-order valence-corrected chi connectivity index (χ2v) is 5.75. The van der Waals surface area contributed by atoms with Gasteiger partial charge in [-0.1, -0.05) is 0 Å². The number of rotatable bonds is 6. The number of nitrogens with two attached hydrogens (primary N) is 1. The third-order valence-corrected chi connectivity index (χ3v) is 4.36. The molecule has 1 rings (SSSR count). The van der Waals surface area contributed by atoms with E-state index in [0.29, 0.717) is 4.31 Å². The molecule has 0 fully saturated rings. The van der Waals surface area contributed by atoms with E-state index in [9.17, 15) is 17.2 Å². The molecular formula is C11H13F2N3O3S. The average molecular weight is 305 g/mol. The van der Waals surface area contributed by atoms with E-state index in [1.165, 1.54) is 6.07 Å². The van der Waals surface area contributed by atoms with E-state index < -0.39 is 41.0 Å². The van der Waals surface area contributed by atoms with Crippen molar-refractivity contribution in [3.05, 3.63) is 23.8 Å². The van der Waals surface area contributed by atoms with Crippen LogP contribution in [0.1, 0.15) is 5.56 Å². The Morgan fingerprint density at radius 1 is 1.45 bits per heavy atom. The van der Waals surface area contributed by atoms with Gasteiger partial charge in [-0.2, -0.15) is 9.57 Å². The van der Waals surface area contributed by atoms with E-state index in [4.69, 9.17) is 16.1 Å². The Hall–Kier alpha value is -1.76. The summed E-state index contributed by atoms with van der Waals surface area (Å²) in [6.45, 7) is -2.15. The van der Waals surface area contributed by atoms with Crippen LogP contribution in [0.15, 0.2) is 23.1 Å². The number of nitrogen functional groups attached to an aromatic ring is 1. The van der Waals surface area contributed by atoms with E-state index >= 15 is 0 Å². The number of alkyl halides is 2. The fourth-order valence-corrected chi connectivity index (χ4v) is 3.11. The summed E-state index contributed by atoms with van der Waals surface area (Å²) in [5, 5.41) is 17.7. The zero-order chi connectivity index (χ0) is 15.3. The number of aliphatic hydroxyl groups excluding tert-OH is 1. The van der Waals surface area contributed by atoms with Crippen molar-refractivity contribution in [2.45, 2.75) is 11.3 Å². The van der Waals surface area contributed by atoms with Gasteiger partial charge in [0.15, 0.2) is 0 Å². The Bertz CT molecular complexity index is 614. The van der Waals surface area contributed by atoms with Crippen LogP contribution in [-0.4, -0.2) is 44.0 Å². The summed E-state index contributed by atoms with van der Waals surface area (Å²) in [6.07, 6.45) is -2.89. The molecule has 0 saturated heterocycles. The van der Waals surface area contributed by atoms with Crippen molar-refractivity contribution >= 4 is 15.7 Å². The summed E-state index contributed by atoms with van der Waals surface area (Å²) in [4.78, 5) is -0.414. The monoisotopic (exact) mass is 305 g/mol. The van der Waals surface area contributed by atoms with Crippen molar-refractivity contribution in [3.63, 3.8) is 0 Å². The van der Waals surface area contributed by atoms with Gasteiger partial charge in [0.25, 0.3) is 6.43 Å². The fourth-order valence-electron chi connectivity index (χ4n) is 1.57. The smallest absolute Gasteiger partial charge is 0.252 e. The van der Waals surface area contributed by atoms with E-state index in [-0.39, 0.29) is 11.3 Å². The molecule has 6 nitrogen and oxygen atoms in total. The van der Waals surface area contributed by atoms with Crippen LogP contribution in [0.4, 0.5) is 14.5 Å². The predicted octanol–water partition coefficient (Wildman–Crippen LogP) is 0.389. The second-order valence-electron chi connectivity index (χ2n) is 3.85. The minimum atomic E-state index is -4.30. The molecule has 0 radical (unpaired) electrons. The molecule has 0 bridgehead atoms. The lowest BCUT2D eigenvalue weighted by molar-refractivity contribution is 0.113. The number of hydrogen-bond acceptors (Lipinski definition) is 5. The highest BCUT2D eigenvalue weighted by Gasteiger charge is 2.29. The van der Waals surface area contributed by atoms with Crippen molar-refractivity contribution in [1.82, 2.24) is 4.31 Å². The van der Waals surface area contributed by atoms with Crippen molar-refractivity contribution < 1.29 is 22.3 Å². The van der Waals surface area contributed by atoms with Crippen LogP contribution in [0.3, 0.4) is 0 Å². The lowest BCUT2D eigenvalue weighted by Crippen LogP contribution is -2.37. The first-order valence-corrected chi connectivity index (χ1v) is 6.95. The maximum absolute atomic E-state index is 12.4. The molecule has 0 spiro atoms. The Balaban J connectivity index is 3.30. The molecule has 1 aromatic rings. The van der Waals surface area contributed by atoms with Crippen LogP contribution >= 0.6 is 0 Å². The molecule has 0 heterocycles. The van der Waals surface area contributed by atoms with E-state index in [1.807, 2.05) is 0 Å². The SMILES string of the molecule is N#Cc1cc(N)ccc1S(=O)(=O)N(CCO)CC(F)F. The first-order chi connectivity index (χ1) is 9.32. The molecule has 1 aromatic carbocycles. The van der Waals surface area contributed by atoms with Crippen molar-refractivity contribution in [3.8, 4) is 6.07 Å². The number of benzene rings is 1. The van der Waals surface area contributed by atoms with E-state index in [1.54, 1.807) is 6.07 Å². The summed E-state index contributed by atoms with van der Waals surface area (Å²) in [7, 11) is -4.30. The maximum Gasteiger partial charge on any atom is 0.252 e. The van der Waals surface area contributed by atoms with Gasteiger partial charge in [0.05, 0.1) is 18.7 Å². The third kappa shape index (κ3) is 3.63. The summed E-state index contributed by atoms with van der Waals surface area (Å²) in [6, 6.07) is 5.14. The molecule has 0 saturated carbocycles. The number of nitriles is 1. The summed E-state index contributed by atoms with van der Waals surface area (Å²) >= 11 is 0. The van der Waals surface area contributed by atoms with Crippen LogP contribution in [0.5, 0.6) is 0 Å². The van der Waals surface area contributed by atoms with Gasteiger partial charge >= 0.3 is 0 Å². The van der Waals surface area contributed by atoms with Gasteiger partial charge in [-0.05, 0) is 18.2 Å². The molecule has 3 N–H and O–H groups in total. The highest BCUT2D eigenvalue weighted by Crippen LogP contribution is 2.22. The van der Waals surface area contributed by atoms with Gasteiger partial charge in [-0.25, -0.2) is 17.2 Å². The normalized spacial score (nSPS) is 11.8. The molecule has 0 aliphatic carbocycles. The van der Waals surface area contributed by atoms with Crippen LogP contribution in [-0.2, 0) is 10.0 Å². The molecule has 20 heavy (non-hydrogen) atoms. The fraction of sp³-hybridized carbons (Fsp3) is 0.364. The number of hydrogen-bond donors (Lipinski definition) is 2. The Morgan fingerprint density at radius 2 is 2.10 bits per heavy atom. The standard InChI is InChI=1S/C11H13F2N3O3S/c12-11(13)7-16(3-4-17)20(18,19)10-2-1-9(15)5-8(10)6-14/h1-2,5,11,17H,3-4,7,15H2. The van der Waals surface area contributed by atoms with E-state index in [2.05, 4.69) is 0 Å². The molecule has 110 valence electrons. The van der Waals surface area contributed by atoms with Gasteiger partial charge in [-0.15, -0.1) is 0 Å². The predicted molar refractivity (Wildman–Crippen MR) is 67.4 cm³/mol. The van der Waals surface area contributed by atoms with Crippen LogP contribution < -0.4 is 5.73 Å². The zero-order valence-electron chi connectivity index (χ0n) is 10.3. The minimum absolute atomic E-state index is 0.183. The second kappa shape index (κ2) is 6.60. The minimum Gasteiger partial charge on any atom is -0.399 e. The van der Waals surface area contributed by atoms with Crippen molar-refractivity contribution in [1.29, 1.82) is 5.26 Å². The van der Waals surface area contributed by atoms with Gasteiger partial charge < -0.3 is 10.8 Å². The number of nitrogens with zero attached hydrogens (tertiary/aromatic N) is 2. The Labute approximate surface area is 115 Å². The number of anilines is 1. The first kappa shape index (κ1) is 16.3. The summed E-state index contributed by atoms with van der Waals surface area (Å²) in [5.74, 6) is 0. The van der Waals surface area contributed by atoms with Gasteiger partial charge in [0, 0.05) is 12.2 Å². The topological polar surface area (TPSA) is 107 Å². The highest BCUT2D eigenvalue weighted by atomic mass is 32.2.